The smallest absolute Gasteiger partial charge is 0.269 e. The summed E-state index contributed by atoms with van der Waals surface area (Å²) in [6, 6.07) is 16.3. The van der Waals surface area contributed by atoms with Crippen LogP contribution in [0.5, 0.6) is 5.75 Å². The van der Waals surface area contributed by atoms with Crippen LogP contribution in [0.15, 0.2) is 71.9 Å². The number of aromatic nitrogens is 3. The number of thiazole rings is 1. The van der Waals surface area contributed by atoms with Gasteiger partial charge in [0.2, 0.25) is 0 Å². The Kier molecular flexibility index (Phi) is 8.88. The number of aryl methyl sites for hydroxylation is 1. The fourth-order valence-electron chi connectivity index (χ4n) is 6.30. The average molecular weight is 693 g/mol. The lowest BCUT2D eigenvalue weighted by molar-refractivity contribution is -0.171. The lowest BCUT2D eigenvalue weighted by Gasteiger charge is -2.39. The molecule has 2 aromatic carbocycles. The molecule has 0 atom stereocenters. The maximum Gasteiger partial charge on any atom is 0.269 e. The highest BCUT2D eigenvalue weighted by atomic mass is 35.5. The largest absolute Gasteiger partial charge is 0.490 e. The van der Waals surface area contributed by atoms with Crippen molar-refractivity contribution in [2.24, 2.45) is 0 Å². The number of ether oxygens (including phenoxy) is 3. The van der Waals surface area contributed by atoms with Gasteiger partial charge in [0, 0.05) is 43.5 Å². The summed E-state index contributed by atoms with van der Waals surface area (Å²) in [7, 11) is -0.331. The number of piperidine rings is 1. The van der Waals surface area contributed by atoms with Crippen molar-refractivity contribution in [3.05, 3.63) is 82.6 Å². The van der Waals surface area contributed by atoms with Gasteiger partial charge in [0.1, 0.15) is 29.3 Å². The lowest BCUT2D eigenvalue weighted by atomic mass is 9.80. The van der Waals surface area contributed by atoms with Crippen molar-refractivity contribution in [3.8, 4) is 27.4 Å². The van der Waals surface area contributed by atoms with Crippen molar-refractivity contribution in [1.82, 2.24) is 18.8 Å². The number of nitrogens with zero attached hydrogens (tertiary/aromatic N) is 4. The molecule has 4 heterocycles. The van der Waals surface area contributed by atoms with E-state index in [4.69, 9.17) is 30.8 Å². The SMILES string of the molecule is COCOC1(c2ncc(-c3c(Cl)cnc4c3cc(-c3ccc(OC5CCN(C)CC5)cc3)n4S(=O)(=O)c3ccc(C)cc3)s2)CCC1. The summed E-state index contributed by atoms with van der Waals surface area (Å²) in [5.74, 6) is 0.756. The monoisotopic (exact) mass is 692 g/mol. The highest BCUT2D eigenvalue weighted by molar-refractivity contribution is 7.90. The molecule has 1 saturated heterocycles. The minimum Gasteiger partial charge on any atom is -0.490 e. The molecule has 1 aliphatic carbocycles. The average Bonchev–Trinajstić information content (AvgIpc) is 3.69. The first kappa shape index (κ1) is 32.2. The van der Waals surface area contributed by atoms with E-state index in [1.807, 2.05) is 37.3 Å². The number of hydrogen-bond acceptors (Lipinski definition) is 9. The normalized spacial score (nSPS) is 17.2. The molecule has 47 heavy (non-hydrogen) atoms. The Morgan fingerprint density at radius 2 is 1.74 bits per heavy atom. The summed E-state index contributed by atoms with van der Waals surface area (Å²) >= 11 is 8.36. The van der Waals surface area contributed by atoms with E-state index in [0.29, 0.717) is 27.2 Å². The number of rotatable bonds is 10. The quantitative estimate of drug-likeness (QED) is 0.139. The molecule has 5 aromatic rings. The molecule has 0 bridgehead atoms. The van der Waals surface area contributed by atoms with Crippen LogP contribution in [-0.2, 0) is 25.1 Å². The summed E-state index contributed by atoms with van der Waals surface area (Å²) in [6.45, 7) is 4.11. The fourth-order valence-corrected chi connectivity index (χ4v) is 9.28. The molecule has 0 radical (unpaired) electrons. The minimum atomic E-state index is -4.06. The molecule has 7 rings (SSSR count). The van der Waals surface area contributed by atoms with E-state index in [1.165, 1.54) is 21.5 Å². The first-order valence-electron chi connectivity index (χ1n) is 15.8. The van der Waals surface area contributed by atoms with Crippen LogP contribution >= 0.6 is 22.9 Å². The second-order valence-electron chi connectivity index (χ2n) is 12.4. The molecule has 2 fully saturated rings. The zero-order chi connectivity index (χ0) is 32.8. The Labute approximate surface area is 284 Å². The van der Waals surface area contributed by atoms with Gasteiger partial charge in [0.05, 0.1) is 20.5 Å². The molecule has 2 aliphatic rings. The van der Waals surface area contributed by atoms with Gasteiger partial charge in [-0.25, -0.2) is 22.4 Å². The van der Waals surface area contributed by atoms with Crippen LogP contribution in [0.1, 0.15) is 42.7 Å². The molecule has 1 saturated carbocycles. The van der Waals surface area contributed by atoms with Crippen LogP contribution in [0.25, 0.3) is 32.7 Å². The summed E-state index contributed by atoms with van der Waals surface area (Å²) in [4.78, 5) is 12.7. The maximum absolute atomic E-state index is 14.4. The van der Waals surface area contributed by atoms with E-state index in [1.54, 1.807) is 37.6 Å². The van der Waals surface area contributed by atoms with Crippen molar-refractivity contribution >= 4 is 44.0 Å². The number of fused-ring (bicyclic) bond motifs is 1. The second kappa shape index (κ2) is 12.9. The molecule has 0 unspecified atom stereocenters. The van der Waals surface area contributed by atoms with Gasteiger partial charge in [0.15, 0.2) is 5.65 Å². The third-order valence-electron chi connectivity index (χ3n) is 9.18. The van der Waals surface area contributed by atoms with E-state index in [9.17, 15) is 8.42 Å². The Morgan fingerprint density at radius 3 is 2.40 bits per heavy atom. The molecule has 0 N–H and O–H groups in total. The lowest BCUT2D eigenvalue weighted by Crippen LogP contribution is -2.37. The molecule has 0 spiro atoms. The van der Waals surface area contributed by atoms with Gasteiger partial charge < -0.3 is 19.1 Å². The summed E-state index contributed by atoms with van der Waals surface area (Å²) in [5, 5.41) is 1.88. The van der Waals surface area contributed by atoms with Crippen LogP contribution < -0.4 is 4.74 Å². The van der Waals surface area contributed by atoms with Crippen LogP contribution in [0.3, 0.4) is 0 Å². The molecular weight excluding hydrogens is 656 g/mol. The Balaban J connectivity index is 1.34. The van der Waals surface area contributed by atoms with Gasteiger partial charge in [-0.15, -0.1) is 11.3 Å². The predicted molar refractivity (Wildman–Crippen MR) is 185 cm³/mol. The van der Waals surface area contributed by atoms with Crippen molar-refractivity contribution in [2.75, 3.05) is 34.0 Å². The zero-order valence-corrected chi connectivity index (χ0v) is 29.0. The van der Waals surface area contributed by atoms with Crippen LogP contribution in [-0.4, -0.2) is 67.4 Å². The van der Waals surface area contributed by atoms with Crippen molar-refractivity contribution in [1.29, 1.82) is 0 Å². The predicted octanol–water partition coefficient (Wildman–Crippen LogP) is 7.50. The highest BCUT2D eigenvalue weighted by Crippen LogP contribution is 2.49. The minimum absolute atomic E-state index is 0.155. The molecule has 9 nitrogen and oxygen atoms in total. The van der Waals surface area contributed by atoms with Gasteiger partial charge in [-0.3, -0.25) is 0 Å². The van der Waals surface area contributed by atoms with Crippen molar-refractivity contribution in [2.45, 2.75) is 55.6 Å². The maximum atomic E-state index is 14.4. The van der Waals surface area contributed by atoms with Crippen molar-refractivity contribution in [3.63, 3.8) is 0 Å². The molecular formula is C35H37ClN4O5S2. The molecule has 3 aromatic heterocycles. The second-order valence-corrected chi connectivity index (χ2v) is 15.6. The third kappa shape index (κ3) is 6.09. The summed E-state index contributed by atoms with van der Waals surface area (Å²) < 4.78 is 47.7. The van der Waals surface area contributed by atoms with Crippen molar-refractivity contribution < 1.29 is 22.6 Å². The molecule has 0 amide bonds. The van der Waals surface area contributed by atoms with E-state index in [2.05, 4.69) is 16.9 Å². The van der Waals surface area contributed by atoms with Gasteiger partial charge in [-0.2, -0.15) is 0 Å². The number of halogens is 1. The number of likely N-dealkylation sites (tertiary alicyclic amines) is 1. The number of pyridine rings is 1. The zero-order valence-electron chi connectivity index (χ0n) is 26.6. The fraction of sp³-hybridized carbons (Fsp3) is 0.371. The standard InChI is InChI=1S/C35H37ClN4O5S2/c1-23-5-11-27(12-6-23)47(41,42)40-30(24-7-9-25(10-8-24)45-26-13-17-39(2)18-14-26)19-28-32(29(36)20-37-33(28)40)31-21-38-34(46-31)35(15-4-16-35)44-22-43-3/h5-12,19-21,26H,4,13-18,22H2,1-3H3. The van der Waals surface area contributed by atoms with E-state index >= 15 is 0 Å². The van der Waals surface area contributed by atoms with E-state index in [-0.39, 0.29) is 23.4 Å². The Hall–Kier alpha value is -3.32. The molecule has 246 valence electrons. The van der Waals surface area contributed by atoms with Crippen LogP contribution in [0.4, 0.5) is 0 Å². The van der Waals surface area contributed by atoms with Crippen LogP contribution in [0.2, 0.25) is 5.02 Å². The third-order valence-corrected chi connectivity index (χ3v) is 12.4. The number of methoxy groups -OCH3 is 1. The van der Waals surface area contributed by atoms with Gasteiger partial charge in [0.25, 0.3) is 10.0 Å². The van der Waals surface area contributed by atoms with Crippen LogP contribution in [0, 0.1) is 6.92 Å². The van der Waals surface area contributed by atoms with Gasteiger partial charge in [-0.05, 0) is 94.1 Å². The summed E-state index contributed by atoms with van der Waals surface area (Å²) in [5.41, 5.74) is 2.64. The van der Waals surface area contributed by atoms with Gasteiger partial charge >= 0.3 is 0 Å². The first-order chi connectivity index (χ1) is 22.7. The number of benzene rings is 2. The Bertz CT molecular complexity index is 2000. The molecule has 1 aliphatic heterocycles. The highest BCUT2D eigenvalue weighted by Gasteiger charge is 2.43. The molecule has 12 heteroatoms. The number of hydrogen-bond donors (Lipinski definition) is 0. The van der Waals surface area contributed by atoms with Gasteiger partial charge in [-0.1, -0.05) is 29.3 Å². The topological polar surface area (TPSA) is 95.8 Å². The van der Waals surface area contributed by atoms with E-state index in [0.717, 1.165) is 66.4 Å². The summed E-state index contributed by atoms with van der Waals surface area (Å²) in [6.07, 6.45) is 8.16. The van der Waals surface area contributed by atoms with E-state index < -0.39 is 15.6 Å². The first-order valence-corrected chi connectivity index (χ1v) is 18.4. The Morgan fingerprint density at radius 1 is 1.02 bits per heavy atom.